The lowest BCUT2D eigenvalue weighted by atomic mass is 10.2. The maximum atomic E-state index is 4.71. The van der Waals surface area contributed by atoms with Gasteiger partial charge in [-0.1, -0.05) is 0 Å². The van der Waals surface area contributed by atoms with Crippen molar-refractivity contribution in [1.82, 2.24) is 24.8 Å². The Labute approximate surface area is 176 Å². The third-order valence-electron chi connectivity index (χ3n) is 6.03. The van der Waals surface area contributed by atoms with Crippen molar-refractivity contribution in [3.63, 3.8) is 0 Å². The molecule has 2 aliphatic heterocycles. The second-order valence-corrected chi connectivity index (χ2v) is 8.22. The smallest absolute Gasteiger partial charge is 0.227 e. The van der Waals surface area contributed by atoms with Crippen molar-refractivity contribution in [3.8, 4) is 11.3 Å². The van der Waals surface area contributed by atoms with Crippen LogP contribution in [0.15, 0.2) is 49.1 Å². The number of hydrogen-bond acceptors (Lipinski definition) is 8. The second kappa shape index (κ2) is 7.53. The first-order chi connectivity index (χ1) is 14.6. The number of pyridine rings is 2. The summed E-state index contributed by atoms with van der Waals surface area (Å²) in [6.45, 7) is 2.15. The fourth-order valence-corrected chi connectivity index (χ4v) is 4.40. The summed E-state index contributed by atoms with van der Waals surface area (Å²) in [4.78, 5) is 24.9. The van der Waals surface area contributed by atoms with Gasteiger partial charge in [0.15, 0.2) is 0 Å². The Kier molecular flexibility index (Phi) is 4.71. The van der Waals surface area contributed by atoms with Gasteiger partial charge in [-0.3, -0.25) is 9.88 Å². The summed E-state index contributed by atoms with van der Waals surface area (Å²) in [7, 11) is 6.17. The number of hydrogen-bond donors (Lipinski definition) is 1. The first-order valence-corrected chi connectivity index (χ1v) is 10.2. The number of piperazine rings is 1. The van der Waals surface area contributed by atoms with E-state index in [1.165, 1.54) is 6.42 Å². The van der Waals surface area contributed by atoms with E-state index in [2.05, 4.69) is 43.2 Å². The molecule has 2 saturated heterocycles. The van der Waals surface area contributed by atoms with Gasteiger partial charge in [0, 0.05) is 63.4 Å². The van der Waals surface area contributed by atoms with Crippen molar-refractivity contribution < 1.29 is 0 Å². The van der Waals surface area contributed by atoms with E-state index < -0.39 is 0 Å². The van der Waals surface area contributed by atoms with Crippen LogP contribution in [-0.2, 0) is 0 Å². The van der Waals surface area contributed by atoms with E-state index in [-0.39, 0.29) is 0 Å². The van der Waals surface area contributed by atoms with Gasteiger partial charge in [0.05, 0.1) is 23.3 Å². The lowest BCUT2D eigenvalue weighted by Gasteiger charge is -2.34. The first kappa shape index (κ1) is 18.7. The minimum absolute atomic E-state index is 0.552. The van der Waals surface area contributed by atoms with E-state index >= 15 is 0 Å². The molecule has 8 nitrogen and oxygen atoms in total. The Morgan fingerprint density at radius 1 is 1.00 bits per heavy atom. The van der Waals surface area contributed by atoms with Crippen molar-refractivity contribution in [3.05, 3.63) is 49.1 Å². The number of aromatic nitrogens is 4. The highest BCUT2D eigenvalue weighted by molar-refractivity contribution is 5.74. The topological polar surface area (TPSA) is 73.3 Å². The van der Waals surface area contributed by atoms with Crippen LogP contribution in [0.2, 0.25) is 0 Å². The molecule has 2 atom stereocenters. The van der Waals surface area contributed by atoms with Crippen molar-refractivity contribution in [2.45, 2.75) is 18.5 Å². The molecule has 0 unspecified atom stereocenters. The summed E-state index contributed by atoms with van der Waals surface area (Å²) in [6, 6.07) is 9.18. The van der Waals surface area contributed by atoms with Crippen molar-refractivity contribution in [1.29, 1.82) is 0 Å². The number of anilines is 4. The van der Waals surface area contributed by atoms with Crippen LogP contribution in [0.4, 0.5) is 23.1 Å². The molecule has 3 aromatic rings. The van der Waals surface area contributed by atoms with Gasteiger partial charge in [-0.25, -0.2) is 15.0 Å². The van der Waals surface area contributed by atoms with Crippen LogP contribution in [0.3, 0.4) is 0 Å². The van der Waals surface area contributed by atoms with Gasteiger partial charge in [-0.2, -0.15) is 0 Å². The summed E-state index contributed by atoms with van der Waals surface area (Å²) < 4.78 is 0. The molecule has 0 saturated carbocycles. The number of rotatable bonds is 5. The molecule has 154 valence electrons. The molecule has 2 aliphatic rings. The van der Waals surface area contributed by atoms with Gasteiger partial charge in [-0.05, 0) is 37.7 Å². The molecule has 3 aromatic heterocycles. The molecular weight excluding hydrogens is 376 g/mol. The number of likely N-dealkylation sites (tertiary alicyclic amines) is 1. The van der Waals surface area contributed by atoms with Crippen molar-refractivity contribution in [2.75, 3.05) is 49.3 Å². The fraction of sp³-hybridized carbons (Fsp3) is 0.364. The first-order valence-electron chi connectivity index (χ1n) is 10.2. The zero-order valence-corrected chi connectivity index (χ0v) is 17.5. The number of likely N-dealkylation sites (N-methyl/N-ethyl adjacent to an activating group) is 1. The van der Waals surface area contributed by atoms with E-state index in [1.54, 1.807) is 6.20 Å². The van der Waals surface area contributed by atoms with Gasteiger partial charge in [0.25, 0.3) is 0 Å². The van der Waals surface area contributed by atoms with Crippen molar-refractivity contribution >= 4 is 23.1 Å². The number of nitrogens with zero attached hydrogens (tertiary/aromatic N) is 7. The molecule has 1 N–H and O–H groups in total. The molecule has 30 heavy (non-hydrogen) atoms. The zero-order valence-electron chi connectivity index (χ0n) is 17.5. The monoisotopic (exact) mass is 402 g/mol. The molecule has 5 heterocycles. The molecule has 0 radical (unpaired) electrons. The van der Waals surface area contributed by atoms with E-state index in [4.69, 9.17) is 4.98 Å². The molecule has 2 bridgehead atoms. The Balaban J connectivity index is 1.39. The highest BCUT2D eigenvalue weighted by Gasteiger charge is 2.42. The molecule has 0 aromatic carbocycles. The minimum Gasteiger partial charge on any atom is -0.364 e. The summed E-state index contributed by atoms with van der Waals surface area (Å²) >= 11 is 0. The van der Waals surface area contributed by atoms with Gasteiger partial charge in [0.2, 0.25) is 5.95 Å². The normalized spacial score (nSPS) is 20.6. The Hall–Kier alpha value is -3.26. The molecule has 8 heteroatoms. The Morgan fingerprint density at radius 2 is 1.90 bits per heavy atom. The highest BCUT2D eigenvalue weighted by atomic mass is 15.3. The average molecular weight is 403 g/mol. The van der Waals surface area contributed by atoms with Gasteiger partial charge in [0.1, 0.15) is 5.82 Å². The summed E-state index contributed by atoms with van der Waals surface area (Å²) in [5.41, 5.74) is 3.89. The third-order valence-corrected chi connectivity index (χ3v) is 6.03. The minimum atomic E-state index is 0.552. The Bertz CT molecular complexity index is 1030. The molecular formula is C22H26N8. The van der Waals surface area contributed by atoms with Gasteiger partial charge in [-0.15, -0.1) is 0 Å². The predicted molar refractivity (Wildman–Crippen MR) is 119 cm³/mol. The largest absolute Gasteiger partial charge is 0.364 e. The second-order valence-electron chi connectivity index (χ2n) is 8.22. The lowest BCUT2D eigenvalue weighted by molar-refractivity contribution is 0.293. The standard InChI is InChI=1S/C22H26N8/c1-28(2)21-5-4-15(11-25-21)18-6-9-24-22(26-18)27-19-12-23-8-7-20(19)30-14-16-10-17(30)13-29(16)3/h4-9,11-12,16-17H,10,13-14H2,1-3H3,(H,24,26,27)/t16-,17-/m0/s1. The molecule has 0 spiro atoms. The number of fused-ring (bicyclic) bond motifs is 2. The maximum Gasteiger partial charge on any atom is 0.227 e. The average Bonchev–Trinajstić information content (AvgIpc) is 3.34. The van der Waals surface area contributed by atoms with Crippen LogP contribution in [0.5, 0.6) is 0 Å². The van der Waals surface area contributed by atoms with Gasteiger partial charge < -0.3 is 15.1 Å². The number of nitrogens with one attached hydrogen (secondary N) is 1. The lowest BCUT2D eigenvalue weighted by Crippen LogP contribution is -2.44. The van der Waals surface area contributed by atoms with Crippen LogP contribution in [0.25, 0.3) is 11.3 Å². The third kappa shape index (κ3) is 3.43. The quantitative estimate of drug-likeness (QED) is 0.698. The molecule has 0 amide bonds. The highest BCUT2D eigenvalue weighted by Crippen LogP contribution is 2.37. The summed E-state index contributed by atoms with van der Waals surface area (Å²) in [5, 5.41) is 3.39. The van der Waals surface area contributed by atoms with Crippen LogP contribution >= 0.6 is 0 Å². The van der Waals surface area contributed by atoms with Crippen LogP contribution in [0, 0.1) is 0 Å². The van der Waals surface area contributed by atoms with E-state index in [1.807, 2.05) is 55.8 Å². The molecule has 2 fully saturated rings. The molecule has 0 aliphatic carbocycles. The van der Waals surface area contributed by atoms with Crippen LogP contribution in [0.1, 0.15) is 6.42 Å². The van der Waals surface area contributed by atoms with Crippen LogP contribution < -0.4 is 15.1 Å². The zero-order chi connectivity index (χ0) is 20.7. The van der Waals surface area contributed by atoms with Gasteiger partial charge >= 0.3 is 0 Å². The predicted octanol–water partition coefficient (Wildman–Crippen LogP) is 2.64. The van der Waals surface area contributed by atoms with E-state index in [9.17, 15) is 0 Å². The van der Waals surface area contributed by atoms with Crippen LogP contribution in [-0.4, -0.2) is 71.2 Å². The SMILES string of the molecule is CN(C)c1ccc(-c2ccnc(Nc3cnccc3N3C[C@@H]4C[C@H]3CN4C)n2)cn1. The molecule has 5 rings (SSSR count). The fourth-order valence-electron chi connectivity index (χ4n) is 4.40. The summed E-state index contributed by atoms with van der Waals surface area (Å²) in [5.74, 6) is 1.47. The summed E-state index contributed by atoms with van der Waals surface area (Å²) in [6.07, 6.45) is 8.54. The van der Waals surface area contributed by atoms with Crippen molar-refractivity contribution in [2.24, 2.45) is 0 Å². The Morgan fingerprint density at radius 3 is 2.60 bits per heavy atom. The van der Waals surface area contributed by atoms with E-state index in [0.29, 0.717) is 18.0 Å². The van der Waals surface area contributed by atoms with E-state index in [0.717, 1.165) is 41.5 Å². The maximum absolute atomic E-state index is 4.71.